The molecule has 0 spiro atoms. The molecular formula is C26H34O11. The second-order valence-electron chi connectivity index (χ2n) is 6.80. The highest BCUT2D eigenvalue weighted by atomic mass is 16.5. The number of methoxy groups -OCH3 is 4. The van der Waals surface area contributed by atoms with Crippen molar-refractivity contribution in [3.63, 3.8) is 0 Å². The first kappa shape index (κ1) is 34.8. The number of carbonyl (C=O) groups is 5. The van der Waals surface area contributed by atoms with Crippen LogP contribution in [0, 0.1) is 13.8 Å². The fourth-order valence-corrected chi connectivity index (χ4v) is 3.00. The third-order valence-electron chi connectivity index (χ3n) is 4.71. The number of hydrogen-bond acceptors (Lipinski definition) is 11. The number of benzene rings is 2. The van der Waals surface area contributed by atoms with Gasteiger partial charge in [-0.05, 0) is 49.2 Å². The van der Waals surface area contributed by atoms with Gasteiger partial charge in [-0.25, -0.2) is 19.2 Å². The van der Waals surface area contributed by atoms with Gasteiger partial charge in [-0.15, -0.1) is 0 Å². The Bertz CT molecular complexity index is 1150. The van der Waals surface area contributed by atoms with E-state index in [1.54, 1.807) is 6.92 Å². The lowest BCUT2D eigenvalue weighted by Gasteiger charge is -2.12. The van der Waals surface area contributed by atoms with Crippen LogP contribution in [0.5, 0.6) is 11.5 Å². The number of phenols is 1. The second-order valence-corrected chi connectivity index (χ2v) is 6.80. The minimum absolute atomic E-state index is 0. The molecule has 0 radical (unpaired) electrons. The summed E-state index contributed by atoms with van der Waals surface area (Å²) in [6, 6.07) is 5.42. The van der Waals surface area contributed by atoms with Crippen LogP contribution in [-0.2, 0) is 23.7 Å². The summed E-state index contributed by atoms with van der Waals surface area (Å²) in [6.07, 6.45) is 0. The molecule has 0 atom stereocenters. The topological polar surface area (TPSA) is 152 Å². The standard InChI is InChI=1S/C13H14O6.C11H12O5.2CH4/c1-7-9(12(15)17-3)5-6-10(19-8(2)14)11(7)13(16)18-4;1-6-7(10(13)15-2)4-5-8(12)9(6)11(14)16-3;;/h5-6H,1-4H3;4-5,12H,1-3H3;2*1H4. The molecule has 0 saturated carbocycles. The quantitative estimate of drug-likeness (QED) is 0.344. The Balaban J connectivity index is 0. The normalized spacial score (nSPS) is 9.16. The molecule has 0 fully saturated rings. The summed E-state index contributed by atoms with van der Waals surface area (Å²) in [6.45, 7) is 4.30. The zero-order valence-electron chi connectivity index (χ0n) is 20.3. The van der Waals surface area contributed by atoms with Crippen molar-refractivity contribution in [1.29, 1.82) is 0 Å². The van der Waals surface area contributed by atoms with Gasteiger partial charge in [0, 0.05) is 6.92 Å². The molecule has 2 aromatic rings. The van der Waals surface area contributed by atoms with E-state index in [4.69, 9.17) is 4.74 Å². The Kier molecular flexibility index (Phi) is 14.6. The smallest absolute Gasteiger partial charge is 0.341 e. The molecule has 0 unspecified atom stereocenters. The maximum absolute atomic E-state index is 11.7. The van der Waals surface area contributed by atoms with Crippen molar-refractivity contribution in [3.8, 4) is 11.5 Å². The van der Waals surface area contributed by atoms with E-state index < -0.39 is 29.8 Å². The van der Waals surface area contributed by atoms with Gasteiger partial charge in [0.25, 0.3) is 0 Å². The highest BCUT2D eigenvalue weighted by Crippen LogP contribution is 2.27. The monoisotopic (exact) mass is 522 g/mol. The Morgan fingerprint density at radius 3 is 1.41 bits per heavy atom. The summed E-state index contributed by atoms with van der Waals surface area (Å²) in [5, 5.41) is 9.52. The van der Waals surface area contributed by atoms with E-state index in [-0.39, 0.29) is 48.6 Å². The highest BCUT2D eigenvalue weighted by molar-refractivity contribution is 6.01. The van der Waals surface area contributed by atoms with Crippen molar-refractivity contribution in [2.45, 2.75) is 35.6 Å². The number of aromatic hydroxyl groups is 1. The van der Waals surface area contributed by atoms with Crippen LogP contribution in [0.25, 0.3) is 0 Å². The molecule has 0 heterocycles. The molecule has 11 nitrogen and oxygen atoms in total. The average molecular weight is 523 g/mol. The van der Waals surface area contributed by atoms with Crippen LogP contribution >= 0.6 is 0 Å². The Hall–Kier alpha value is -4.41. The summed E-state index contributed by atoms with van der Waals surface area (Å²) in [5.41, 5.74) is 1.10. The molecular weight excluding hydrogens is 488 g/mol. The van der Waals surface area contributed by atoms with Crippen LogP contribution in [0.15, 0.2) is 24.3 Å². The minimum atomic E-state index is -0.695. The second kappa shape index (κ2) is 15.6. The van der Waals surface area contributed by atoms with Gasteiger partial charge in [0.2, 0.25) is 0 Å². The summed E-state index contributed by atoms with van der Waals surface area (Å²) < 4.78 is 23.2. The van der Waals surface area contributed by atoms with Crippen molar-refractivity contribution < 1.29 is 52.8 Å². The third kappa shape index (κ3) is 8.34. The van der Waals surface area contributed by atoms with Crippen molar-refractivity contribution in [1.82, 2.24) is 0 Å². The van der Waals surface area contributed by atoms with E-state index >= 15 is 0 Å². The molecule has 37 heavy (non-hydrogen) atoms. The first-order valence-electron chi connectivity index (χ1n) is 9.92. The van der Waals surface area contributed by atoms with E-state index in [0.717, 1.165) is 0 Å². The van der Waals surface area contributed by atoms with Gasteiger partial charge in [0.1, 0.15) is 22.6 Å². The lowest BCUT2D eigenvalue weighted by Crippen LogP contribution is -2.14. The van der Waals surface area contributed by atoms with Gasteiger partial charge in [-0.2, -0.15) is 0 Å². The molecule has 11 heteroatoms. The number of ether oxygens (including phenoxy) is 5. The van der Waals surface area contributed by atoms with Crippen molar-refractivity contribution in [2.24, 2.45) is 0 Å². The van der Waals surface area contributed by atoms with Gasteiger partial charge < -0.3 is 28.8 Å². The maximum Gasteiger partial charge on any atom is 0.341 e. The number of phenolic OH excluding ortho intramolecular Hbond substituents is 1. The van der Waals surface area contributed by atoms with Crippen LogP contribution in [0.3, 0.4) is 0 Å². The van der Waals surface area contributed by atoms with E-state index in [1.807, 2.05) is 0 Å². The Morgan fingerprint density at radius 1 is 0.622 bits per heavy atom. The number of esters is 5. The predicted octanol–water partition coefficient (Wildman–Crippen LogP) is 4.04. The third-order valence-corrected chi connectivity index (χ3v) is 4.71. The number of carbonyl (C=O) groups excluding carboxylic acids is 5. The first-order valence-corrected chi connectivity index (χ1v) is 9.92. The maximum atomic E-state index is 11.7. The molecule has 2 rings (SSSR count). The SMILES string of the molecule is C.C.COC(=O)c1ccc(O)c(C(=O)OC)c1C.COC(=O)c1ccc(OC(C)=O)c(C(=O)OC)c1C. The van der Waals surface area contributed by atoms with Gasteiger partial charge in [-0.3, -0.25) is 4.79 Å². The molecule has 0 aliphatic heterocycles. The van der Waals surface area contributed by atoms with E-state index in [0.29, 0.717) is 11.1 Å². The highest BCUT2D eigenvalue weighted by Gasteiger charge is 2.23. The first-order chi connectivity index (χ1) is 16.4. The fourth-order valence-electron chi connectivity index (χ4n) is 3.00. The van der Waals surface area contributed by atoms with Gasteiger partial charge in [0.15, 0.2) is 0 Å². The van der Waals surface area contributed by atoms with Gasteiger partial charge in [-0.1, -0.05) is 14.9 Å². The van der Waals surface area contributed by atoms with Crippen LogP contribution in [0.2, 0.25) is 0 Å². The van der Waals surface area contributed by atoms with Gasteiger partial charge in [0.05, 0.1) is 39.6 Å². The molecule has 0 aliphatic carbocycles. The molecule has 204 valence electrons. The molecule has 0 amide bonds. The zero-order chi connectivity index (χ0) is 26.9. The lowest BCUT2D eigenvalue weighted by atomic mass is 10.0. The van der Waals surface area contributed by atoms with Gasteiger partial charge >= 0.3 is 29.8 Å². The van der Waals surface area contributed by atoms with Crippen LogP contribution in [-0.4, -0.2) is 63.4 Å². The van der Waals surface area contributed by atoms with Crippen molar-refractivity contribution >= 4 is 29.8 Å². The fraction of sp³-hybridized carbons (Fsp3) is 0.346. The van der Waals surface area contributed by atoms with E-state index in [9.17, 15) is 29.1 Å². The number of hydrogen-bond donors (Lipinski definition) is 1. The molecule has 0 saturated heterocycles. The molecule has 2 aromatic carbocycles. The van der Waals surface area contributed by atoms with Crippen LogP contribution in [0.1, 0.15) is 74.3 Å². The molecule has 0 aromatic heterocycles. The molecule has 0 aliphatic rings. The summed E-state index contributed by atoms with van der Waals surface area (Å²) in [7, 11) is 4.88. The minimum Gasteiger partial charge on any atom is -0.507 e. The Labute approximate surface area is 216 Å². The predicted molar refractivity (Wildman–Crippen MR) is 134 cm³/mol. The largest absolute Gasteiger partial charge is 0.507 e. The lowest BCUT2D eigenvalue weighted by molar-refractivity contribution is -0.131. The zero-order valence-corrected chi connectivity index (χ0v) is 20.3. The average Bonchev–Trinajstić information content (AvgIpc) is 2.82. The molecule has 1 N–H and O–H groups in total. The van der Waals surface area contributed by atoms with Crippen molar-refractivity contribution in [3.05, 3.63) is 57.6 Å². The molecule has 0 bridgehead atoms. The van der Waals surface area contributed by atoms with E-state index in [2.05, 4.69) is 18.9 Å². The Morgan fingerprint density at radius 2 is 1.00 bits per heavy atom. The van der Waals surface area contributed by atoms with Crippen LogP contribution < -0.4 is 4.74 Å². The van der Waals surface area contributed by atoms with Crippen LogP contribution in [0.4, 0.5) is 0 Å². The van der Waals surface area contributed by atoms with Crippen molar-refractivity contribution in [2.75, 3.05) is 28.4 Å². The van der Waals surface area contributed by atoms with E-state index in [1.165, 1.54) is 66.6 Å². The summed E-state index contributed by atoms with van der Waals surface area (Å²) in [5.74, 6) is -3.29. The summed E-state index contributed by atoms with van der Waals surface area (Å²) in [4.78, 5) is 57.0. The number of rotatable bonds is 5. The summed E-state index contributed by atoms with van der Waals surface area (Å²) >= 11 is 0.